The first-order valence-electron chi connectivity index (χ1n) is 7.75. The summed E-state index contributed by atoms with van der Waals surface area (Å²) in [5.41, 5.74) is 0. The maximum absolute atomic E-state index is 12.5. The van der Waals surface area contributed by atoms with E-state index < -0.39 is 18.1 Å². The Kier molecular flexibility index (Phi) is 4.19. The fourth-order valence-corrected chi connectivity index (χ4v) is 3.06. The topological polar surface area (TPSA) is 66.8 Å². The molecule has 0 bridgehead atoms. The minimum absolute atomic E-state index is 0.275. The number of hydrogen-bond acceptors (Lipinski definition) is 3. The van der Waals surface area contributed by atoms with Gasteiger partial charge in [-0.3, -0.25) is 4.79 Å². The van der Waals surface area contributed by atoms with Gasteiger partial charge in [-0.15, -0.1) is 0 Å². The van der Waals surface area contributed by atoms with Crippen molar-refractivity contribution in [2.45, 2.75) is 31.9 Å². The van der Waals surface area contributed by atoms with Gasteiger partial charge >= 0.3 is 5.97 Å². The Labute approximate surface area is 134 Å². The summed E-state index contributed by atoms with van der Waals surface area (Å²) >= 11 is 0. The number of fused-ring (bicyclic) bond motifs is 1. The number of amides is 1. The second kappa shape index (κ2) is 6.28. The fraction of sp³-hybridized carbons (Fsp3) is 0.333. The predicted octanol–water partition coefficient (Wildman–Crippen LogP) is 2.68. The highest BCUT2D eigenvalue weighted by Gasteiger charge is 2.36. The molecule has 2 aromatic rings. The summed E-state index contributed by atoms with van der Waals surface area (Å²) < 4.78 is 5.85. The van der Waals surface area contributed by atoms with E-state index in [0.717, 1.165) is 10.8 Å². The second-order valence-electron chi connectivity index (χ2n) is 5.77. The van der Waals surface area contributed by atoms with Crippen molar-refractivity contribution >= 4 is 22.6 Å². The Morgan fingerprint density at radius 2 is 1.96 bits per heavy atom. The van der Waals surface area contributed by atoms with Crippen LogP contribution >= 0.6 is 0 Å². The SMILES string of the molecule is CC(Oc1cccc2ccccc12)C(=O)N1CCCC1C(=O)O. The lowest BCUT2D eigenvalue weighted by molar-refractivity contribution is -0.150. The Morgan fingerprint density at radius 1 is 1.22 bits per heavy atom. The first-order chi connectivity index (χ1) is 11.1. The van der Waals surface area contributed by atoms with Crippen LogP contribution < -0.4 is 4.74 Å². The van der Waals surface area contributed by atoms with Crippen LogP contribution in [0.3, 0.4) is 0 Å². The van der Waals surface area contributed by atoms with Crippen LogP contribution in [0.15, 0.2) is 42.5 Å². The van der Waals surface area contributed by atoms with Crippen LogP contribution in [0.4, 0.5) is 0 Å². The highest BCUT2D eigenvalue weighted by Crippen LogP contribution is 2.27. The number of benzene rings is 2. The molecular formula is C18H19NO4. The molecule has 5 nitrogen and oxygen atoms in total. The molecule has 3 rings (SSSR count). The molecule has 1 saturated heterocycles. The number of aliphatic carboxylic acids is 1. The standard InChI is InChI=1S/C18H19NO4/c1-12(17(20)19-11-5-9-15(19)18(21)22)23-16-10-4-7-13-6-2-3-8-14(13)16/h2-4,6-8,10,12,15H,5,9,11H2,1H3,(H,21,22). The lowest BCUT2D eigenvalue weighted by Crippen LogP contribution is -2.46. The molecule has 1 aliphatic heterocycles. The van der Waals surface area contributed by atoms with E-state index in [4.69, 9.17) is 4.74 Å². The van der Waals surface area contributed by atoms with Crippen molar-refractivity contribution in [3.63, 3.8) is 0 Å². The van der Waals surface area contributed by atoms with Gasteiger partial charge in [0.2, 0.25) is 0 Å². The molecule has 0 spiro atoms. The van der Waals surface area contributed by atoms with Crippen LogP contribution in [0.25, 0.3) is 10.8 Å². The zero-order valence-corrected chi connectivity index (χ0v) is 12.9. The molecule has 5 heteroatoms. The number of carbonyl (C=O) groups excluding carboxylic acids is 1. The molecule has 1 N–H and O–H groups in total. The Morgan fingerprint density at radius 3 is 2.74 bits per heavy atom. The molecule has 2 atom stereocenters. The number of hydrogen-bond donors (Lipinski definition) is 1. The first-order valence-corrected chi connectivity index (χ1v) is 7.75. The third-order valence-electron chi connectivity index (χ3n) is 4.22. The number of ether oxygens (including phenoxy) is 1. The highest BCUT2D eigenvalue weighted by molar-refractivity contribution is 5.90. The average Bonchev–Trinajstić information content (AvgIpc) is 3.04. The van der Waals surface area contributed by atoms with E-state index in [0.29, 0.717) is 25.1 Å². The molecule has 1 amide bonds. The quantitative estimate of drug-likeness (QED) is 0.942. The van der Waals surface area contributed by atoms with Gasteiger partial charge in [0, 0.05) is 11.9 Å². The van der Waals surface area contributed by atoms with Crippen LogP contribution in [-0.2, 0) is 9.59 Å². The Hall–Kier alpha value is -2.56. The normalized spacial score (nSPS) is 18.8. The molecule has 120 valence electrons. The average molecular weight is 313 g/mol. The van der Waals surface area contributed by atoms with Crippen LogP contribution in [0.2, 0.25) is 0 Å². The van der Waals surface area contributed by atoms with Crippen molar-refractivity contribution in [3.05, 3.63) is 42.5 Å². The number of likely N-dealkylation sites (tertiary alicyclic amines) is 1. The van der Waals surface area contributed by atoms with Gasteiger partial charge in [0.1, 0.15) is 11.8 Å². The maximum Gasteiger partial charge on any atom is 0.326 e. The smallest absolute Gasteiger partial charge is 0.326 e. The summed E-state index contributed by atoms with van der Waals surface area (Å²) in [6.07, 6.45) is 0.493. The van der Waals surface area contributed by atoms with Crippen molar-refractivity contribution in [2.75, 3.05) is 6.54 Å². The first kappa shape index (κ1) is 15.3. The van der Waals surface area contributed by atoms with Gasteiger partial charge in [-0.2, -0.15) is 0 Å². The Bertz CT molecular complexity index is 737. The van der Waals surface area contributed by atoms with Crippen molar-refractivity contribution in [1.29, 1.82) is 0 Å². The summed E-state index contributed by atoms with van der Waals surface area (Å²) in [6.45, 7) is 2.14. The summed E-state index contributed by atoms with van der Waals surface area (Å²) in [5, 5.41) is 11.2. The zero-order chi connectivity index (χ0) is 16.4. The van der Waals surface area contributed by atoms with E-state index in [1.165, 1.54) is 4.90 Å². The molecule has 23 heavy (non-hydrogen) atoms. The lowest BCUT2D eigenvalue weighted by atomic mass is 10.1. The lowest BCUT2D eigenvalue weighted by Gasteiger charge is -2.25. The molecule has 0 aromatic heterocycles. The number of carbonyl (C=O) groups is 2. The minimum Gasteiger partial charge on any atom is -0.480 e. The van der Waals surface area contributed by atoms with E-state index >= 15 is 0 Å². The predicted molar refractivity (Wildman–Crippen MR) is 86.4 cm³/mol. The largest absolute Gasteiger partial charge is 0.480 e. The molecule has 2 unspecified atom stereocenters. The van der Waals surface area contributed by atoms with Crippen LogP contribution in [0.1, 0.15) is 19.8 Å². The van der Waals surface area contributed by atoms with Crippen LogP contribution in [0.5, 0.6) is 5.75 Å². The van der Waals surface area contributed by atoms with Gasteiger partial charge in [-0.1, -0.05) is 36.4 Å². The number of nitrogens with zero attached hydrogens (tertiary/aromatic N) is 1. The number of carboxylic acid groups (broad SMARTS) is 1. The zero-order valence-electron chi connectivity index (χ0n) is 12.9. The van der Waals surface area contributed by atoms with E-state index in [2.05, 4.69) is 0 Å². The van der Waals surface area contributed by atoms with Gasteiger partial charge in [-0.25, -0.2) is 4.79 Å². The number of rotatable bonds is 4. The van der Waals surface area contributed by atoms with Gasteiger partial charge in [0.05, 0.1) is 0 Å². The third kappa shape index (κ3) is 2.99. The summed E-state index contributed by atoms with van der Waals surface area (Å²) in [4.78, 5) is 25.2. The fourth-order valence-electron chi connectivity index (χ4n) is 3.06. The molecule has 0 aliphatic carbocycles. The number of carboxylic acids is 1. The van der Waals surface area contributed by atoms with Gasteiger partial charge in [-0.05, 0) is 31.2 Å². The Balaban J connectivity index is 1.79. The van der Waals surface area contributed by atoms with Gasteiger partial charge in [0.25, 0.3) is 5.91 Å². The summed E-state index contributed by atoms with van der Waals surface area (Å²) in [5.74, 6) is -0.592. The summed E-state index contributed by atoms with van der Waals surface area (Å²) in [7, 11) is 0. The van der Waals surface area contributed by atoms with E-state index in [-0.39, 0.29) is 5.91 Å². The molecule has 0 saturated carbocycles. The molecule has 1 fully saturated rings. The molecular weight excluding hydrogens is 294 g/mol. The van der Waals surface area contributed by atoms with Crippen molar-refractivity contribution in [1.82, 2.24) is 4.90 Å². The van der Waals surface area contributed by atoms with E-state index in [9.17, 15) is 14.7 Å². The third-order valence-corrected chi connectivity index (χ3v) is 4.22. The monoisotopic (exact) mass is 313 g/mol. The molecule has 1 aliphatic rings. The second-order valence-corrected chi connectivity index (χ2v) is 5.77. The highest BCUT2D eigenvalue weighted by atomic mass is 16.5. The minimum atomic E-state index is -0.951. The summed E-state index contributed by atoms with van der Waals surface area (Å²) in [6, 6.07) is 12.7. The van der Waals surface area contributed by atoms with E-state index in [1.807, 2.05) is 42.5 Å². The van der Waals surface area contributed by atoms with Crippen molar-refractivity contribution in [2.24, 2.45) is 0 Å². The van der Waals surface area contributed by atoms with Crippen molar-refractivity contribution in [3.8, 4) is 5.75 Å². The van der Waals surface area contributed by atoms with Gasteiger partial charge in [0.15, 0.2) is 6.10 Å². The van der Waals surface area contributed by atoms with Crippen molar-refractivity contribution < 1.29 is 19.4 Å². The molecule has 1 heterocycles. The molecule has 0 radical (unpaired) electrons. The van der Waals surface area contributed by atoms with Crippen LogP contribution in [-0.4, -0.2) is 40.6 Å². The van der Waals surface area contributed by atoms with Crippen LogP contribution in [0, 0.1) is 0 Å². The van der Waals surface area contributed by atoms with Gasteiger partial charge < -0.3 is 14.7 Å². The molecule has 2 aromatic carbocycles. The van der Waals surface area contributed by atoms with E-state index in [1.54, 1.807) is 6.92 Å². The maximum atomic E-state index is 12.5.